The summed E-state index contributed by atoms with van der Waals surface area (Å²) in [5.41, 5.74) is -6.08. The molecule has 0 aliphatic heterocycles. The molecule has 0 saturated heterocycles. The van der Waals surface area contributed by atoms with Crippen LogP contribution in [0, 0.1) is 23.2 Å². The van der Waals surface area contributed by atoms with E-state index in [-0.39, 0.29) is 5.57 Å². The van der Waals surface area contributed by atoms with Gasteiger partial charge in [-0.25, -0.2) is 0 Å². The van der Waals surface area contributed by atoms with Gasteiger partial charge >= 0.3 is 35.8 Å². The molecular formula is C34H46O14. The van der Waals surface area contributed by atoms with Crippen LogP contribution in [0.4, 0.5) is 0 Å². The van der Waals surface area contributed by atoms with E-state index in [0.717, 1.165) is 34.6 Å². The summed E-state index contributed by atoms with van der Waals surface area (Å²) in [7, 11) is 0. The molecule has 0 heterocycles. The molecule has 2 aliphatic rings. The van der Waals surface area contributed by atoms with Crippen LogP contribution in [0.5, 0.6) is 0 Å². The van der Waals surface area contributed by atoms with Gasteiger partial charge in [-0.2, -0.15) is 0 Å². The molecule has 0 N–H and O–H groups in total. The molecule has 0 spiro atoms. The first-order valence-electron chi connectivity index (χ1n) is 15.5. The topological polar surface area (TPSA) is 192 Å². The number of ketones is 2. The molecule has 0 aromatic rings. The minimum absolute atomic E-state index is 0.384. The third-order valence-electron chi connectivity index (χ3n) is 8.23. The van der Waals surface area contributed by atoms with Crippen LogP contribution in [0.25, 0.3) is 0 Å². The Morgan fingerprint density at radius 3 is 1.69 bits per heavy atom. The number of rotatable bonds is 7. The second-order valence-corrected chi connectivity index (χ2v) is 13.4. The fourth-order valence-electron chi connectivity index (χ4n) is 6.28. The Balaban J connectivity index is 3.23. The van der Waals surface area contributed by atoms with Crippen LogP contribution in [0.3, 0.4) is 0 Å². The molecular weight excluding hydrogens is 632 g/mol. The highest BCUT2D eigenvalue weighted by Gasteiger charge is 2.72. The van der Waals surface area contributed by atoms with Crippen LogP contribution < -0.4 is 0 Å². The molecule has 0 bridgehead atoms. The molecule has 266 valence electrons. The number of ether oxygens (including phenoxy) is 6. The number of hydrogen-bond acceptors (Lipinski definition) is 14. The number of carbonyl (C=O) groups excluding carboxylic acids is 8. The smallest absolute Gasteiger partial charge is 0.309 e. The van der Waals surface area contributed by atoms with Crippen molar-refractivity contribution in [1.29, 1.82) is 0 Å². The van der Waals surface area contributed by atoms with Crippen LogP contribution in [-0.2, 0) is 66.8 Å². The number of Topliss-reactive ketones (excluding diaryl/α,β-unsaturated/α-hetero) is 2. The number of hydrogen-bond donors (Lipinski definition) is 0. The molecule has 14 nitrogen and oxygen atoms in total. The maximum absolute atomic E-state index is 14.7. The zero-order valence-electron chi connectivity index (χ0n) is 29.3. The molecule has 8 unspecified atom stereocenters. The highest BCUT2D eigenvalue weighted by molar-refractivity contribution is 5.96. The normalized spacial score (nSPS) is 31.8. The van der Waals surface area contributed by atoms with Crippen molar-refractivity contribution in [2.24, 2.45) is 23.2 Å². The van der Waals surface area contributed by atoms with E-state index in [9.17, 15) is 38.4 Å². The molecule has 1 saturated carbocycles. The van der Waals surface area contributed by atoms with E-state index in [1.54, 1.807) is 0 Å². The Hall–Kier alpha value is -4.36. The Kier molecular flexibility index (Phi) is 12.3. The monoisotopic (exact) mass is 678 g/mol. The van der Waals surface area contributed by atoms with E-state index in [4.69, 9.17) is 28.4 Å². The summed E-state index contributed by atoms with van der Waals surface area (Å²) in [6.07, 6.45) is -5.04. The van der Waals surface area contributed by atoms with Gasteiger partial charge in [-0.15, -0.1) is 0 Å². The average molecular weight is 679 g/mol. The van der Waals surface area contributed by atoms with Gasteiger partial charge in [0.25, 0.3) is 0 Å². The minimum atomic E-state index is -2.35. The lowest BCUT2D eigenvalue weighted by Crippen LogP contribution is -2.58. The maximum Gasteiger partial charge on any atom is 0.309 e. The van der Waals surface area contributed by atoms with Gasteiger partial charge in [-0.3, -0.25) is 38.4 Å². The average Bonchev–Trinajstić information content (AvgIpc) is 3.15. The number of carbonyl (C=O) groups is 8. The molecule has 1 fully saturated rings. The fraction of sp³-hybridized carbons (Fsp3) is 0.647. The van der Waals surface area contributed by atoms with Crippen molar-refractivity contribution in [3.8, 4) is 0 Å². The van der Waals surface area contributed by atoms with Crippen molar-refractivity contribution in [2.45, 2.75) is 118 Å². The molecule has 8 atom stereocenters. The predicted molar refractivity (Wildman–Crippen MR) is 165 cm³/mol. The second-order valence-electron chi connectivity index (χ2n) is 13.4. The van der Waals surface area contributed by atoms with Crippen molar-refractivity contribution < 1.29 is 66.8 Å². The van der Waals surface area contributed by atoms with Gasteiger partial charge in [0.1, 0.15) is 6.10 Å². The van der Waals surface area contributed by atoms with Crippen LogP contribution in [0.1, 0.15) is 82.6 Å². The summed E-state index contributed by atoms with van der Waals surface area (Å²) in [4.78, 5) is 105. The third-order valence-corrected chi connectivity index (χ3v) is 8.23. The molecule has 2 rings (SSSR count). The zero-order valence-corrected chi connectivity index (χ0v) is 29.3. The van der Waals surface area contributed by atoms with E-state index in [1.165, 1.54) is 53.7 Å². The van der Waals surface area contributed by atoms with E-state index in [0.29, 0.717) is 0 Å². The molecule has 14 heteroatoms. The number of esters is 6. The van der Waals surface area contributed by atoms with Crippen molar-refractivity contribution >= 4 is 47.4 Å². The van der Waals surface area contributed by atoms with Gasteiger partial charge in [-0.05, 0) is 20.8 Å². The highest BCUT2D eigenvalue weighted by atomic mass is 16.6. The van der Waals surface area contributed by atoms with Crippen molar-refractivity contribution in [1.82, 2.24) is 0 Å². The Bertz CT molecular complexity index is 1410. The molecule has 0 aromatic carbocycles. The summed E-state index contributed by atoms with van der Waals surface area (Å²) < 4.78 is 34.2. The van der Waals surface area contributed by atoms with Gasteiger partial charge in [0.2, 0.25) is 6.10 Å². The van der Waals surface area contributed by atoms with Crippen molar-refractivity contribution in [2.75, 3.05) is 0 Å². The molecule has 0 radical (unpaired) electrons. The molecule has 0 aromatic heterocycles. The lowest BCUT2D eigenvalue weighted by Gasteiger charge is -2.42. The van der Waals surface area contributed by atoms with E-state index >= 15 is 0 Å². The Morgan fingerprint density at radius 2 is 1.23 bits per heavy atom. The standard InChI is InChI=1S/C34H46O14/c1-16(2)31(42)46-26-18(4)25(43-19(5)35)24-30(45-21(7)37)33(12,47-22(8)38)15-34(24,48-23(9)39)28(40)17(3)13-14-32(10,11)29(41)27(26)44-20(6)36/h13-14,16-17,24-27,30H,4,15H2,1-3,5-12H3. The summed E-state index contributed by atoms with van der Waals surface area (Å²) in [5, 5.41) is 0. The first-order chi connectivity index (χ1) is 21.9. The first-order valence-corrected chi connectivity index (χ1v) is 15.5. The van der Waals surface area contributed by atoms with Crippen molar-refractivity contribution in [3.05, 3.63) is 24.3 Å². The van der Waals surface area contributed by atoms with Gasteiger partial charge in [0, 0.05) is 57.9 Å². The van der Waals surface area contributed by atoms with E-state index in [1.807, 2.05) is 0 Å². The van der Waals surface area contributed by atoms with Crippen LogP contribution in [-0.4, -0.2) is 83.0 Å². The van der Waals surface area contributed by atoms with Crippen LogP contribution in [0.2, 0.25) is 0 Å². The summed E-state index contributed by atoms with van der Waals surface area (Å²) in [6.45, 7) is 18.0. The maximum atomic E-state index is 14.7. The lowest BCUT2D eigenvalue weighted by molar-refractivity contribution is -0.191. The zero-order chi connectivity index (χ0) is 37.1. The van der Waals surface area contributed by atoms with E-state index in [2.05, 4.69) is 6.58 Å². The van der Waals surface area contributed by atoms with Gasteiger partial charge in [-0.1, -0.05) is 39.5 Å². The summed E-state index contributed by atoms with van der Waals surface area (Å²) in [6, 6.07) is 0. The van der Waals surface area contributed by atoms with Crippen LogP contribution >= 0.6 is 0 Å². The summed E-state index contributed by atoms with van der Waals surface area (Å²) in [5.74, 6) is -10.6. The Morgan fingerprint density at radius 1 is 0.729 bits per heavy atom. The van der Waals surface area contributed by atoms with Crippen molar-refractivity contribution in [3.63, 3.8) is 0 Å². The minimum Gasteiger partial charge on any atom is -0.458 e. The van der Waals surface area contributed by atoms with E-state index < -0.39 is 113 Å². The van der Waals surface area contributed by atoms with Crippen LogP contribution in [0.15, 0.2) is 24.3 Å². The largest absolute Gasteiger partial charge is 0.458 e. The summed E-state index contributed by atoms with van der Waals surface area (Å²) >= 11 is 0. The molecule has 2 aliphatic carbocycles. The molecule has 48 heavy (non-hydrogen) atoms. The van der Waals surface area contributed by atoms with Gasteiger partial charge < -0.3 is 28.4 Å². The lowest BCUT2D eigenvalue weighted by atomic mass is 9.72. The Labute approximate surface area is 279 Å². The fourth-order valence-corrected chi connectivity index (χ4v) is 6.28. The second kappa shape index (κ2) is 14.8. The first kappa shape index (κ1) is 39.8. The molecule has 0 amide bonds. The number of allylic oxidation sites excluding steroid dienone is 2. The number of fused-ring (bicyclic) bond motifs is 1. The van der Waals surface area contributed by atoms with Gasteiger partial charge in [0.15, 0.2) is 35.0 Å². The third kappa shape index (κ3) is 8.56. The quantitative estimate of drug-likeness (QED) is 0.217. The highest BCUT2D eigenvalue weighted by Crippen LogP contribution is 2.54. The SMILES string of the molecule is C=C1C(OC(=O)C(C)C)C(OC(C)=O)C(=O)C(C)(C)C=CC(C)C(=O)C2(OC(C)=O)CC(C)(OC(C)=O)C(OC(C)=O)C2C1OC(C)=O. The van der Waals surface area contributed by atoms with Gasteiger partial charge in [0.05, 0.1) is 11.8 Å². The predicted octanol–water partition coefficient (Wildman–Crippen LogP) is 2.92.